The summed E-state index contributed by atoms with van der Waals surface area (Å²) in [6.45, 7) is 8.99. The molecule has 0 saturated carbocycles. The van der Waals surface area contributed by atoms with Gasteiger partial charge in [-0.3, -0.25) is 0 Å². The van der Waals surface area contributed by atoms with Crippen molar-refractivity contribution in [3.8, 4) is 11.8 Å². The fraction of sp³-hybridized carbons (Fsp3) is 0.571. The Labute approximate surface area is 98.4 Å². The standard InChI is InChI=1S/C14H21NO/c1-5-7-8-9-14(15-6-2)13-10-11(3)16-12(13)4/h10,14-15H,6,8-9H2,1-4H3. The zero-order valence-corrected chi connectivity index (χ0v) is 10.7. The molecule has 0 bridgehead atoms. The molecule has 1 aromatic rings. The van der Waals surface area contributed by atoms with Gasteiger partial charge in [-0.25, -0.2) is 0 Å². The molecule has 88 valence electrons. The number of hydrogen-bond donors (Lipinski definition) is 1. The molecule has 0 amide bonds. The van der Waals surface area contributed by atoms with E-state index in [0.717, 1.165) is 30.9 Å². The van der Waals surface area contributed by atoms with E-state index in [1.807, 2.05) is 20.8 Å². The molecule has 0 aliphatic carbocycles. The molecule has 0 fully saturated rings. The van der Waals surface area contributed by atoms with E-state index in [9.17, 15) is 0 Å². The van der Waals surface area contributed by atoms with Crippen LogP contribution in [0, 0.1) is 25.7 Å². The minimum absolute atomic E-state index is 0.364. The van der Waals surface area contributed by atoms with Gasteiger partial charge in [-0.2, -0.15) is 0 Å². The highest BCUT2D eigenvalue weighted by Gasteiger charge is 2.15. The first kappa shape index (κ1) is 12.9. The predicted octanol–water partition coefficient (Wildman–Crippen LogP) is 3.35. The van der Waals surface area contributed by atoms with Gasteiger partial charge in [-0.1, -0.05) is 6.92 Å². The monoisotopic (exact) mass is 219 g/mol. The lowest BCUT2D eigenvalue weighted by Crippen LogP contribution is -2.20. The minimum Gasteiger partial charge on any atom is -0.466 e. The number of hydrogen-bond acceptors (Lipinski definition) is 2. The van der Waals surface area contributed by atoms with Crippen molar-refractivity contribution in [3.05, 3.63) is 23.2 Å². The zero-order valence-electron chi connectivity index (χ0n) is 10.7. The van der Waals surface area contributed by atoms with Crippen molar-refractivity contribution in [2.24, 2.45) is 0 Å². The van der Waals surface area contributed by atoms with E-state index in [1.165, 1.54) is 5.56 Å². The van der Waals surface area contributed by atoms with Crippen LogP contribution in [0.4, 0.5) is 0 Å². The molecule has 0 aliphatic heterocycles. The van der Waals surface area contributed by atoms with Crippen molar-refractivity contribution >= 4 is 0 Å². The minimum atomic E-state index is 0.364. The summed E-state index contributed by atoms with van der Waals surface area (Å²) in [5, 5.41) is 3.48. The molecule has 1 atom stereocenters. The Hall–Kier alpha value is -1.20. The van der Waals surface area contributed by atoms with Gasteiger partial charge >= 0.3 is 0 Å². The van der Waals surface area contributed by atoms with Crippen molar-refractivity contribution in [2.75, 3.05) is 6.54 Å². The van der Waals surface area contributed by atoms with E-state index in [0.29, 0.717) is 6.04 Å². The summed E-state index contributed by atoms with van der Waals surface area (Å²) in [5.41, 5.74) is 1.28. The molecular weight excluding hydrogens is 198 g/mol. The zero-order chi connectivity index (χ0) is 12.0. The highest BCUT2D eigenvalue weighted by Crippen LogP contribution is 2.24. The van der Waals surface area contributed by atoms with Gasteiger partial charge in [0.25, 0.3) is 0 Å². The molecule has 1 aromatic heterocycles. The molecule has 0 radical (unpaired) electrons. The van der Waals surface area contributed by atoms with Crippen LogP contribution >= 0.6 is 0 Å². The third kappa shape index (κ3) is 3.43. The summed E-state index contributed by atoms with van der Waals surface area (Å²) in [7, 11) is 0. The van der Waals surface area contributed by atoms with Crippen LogP contribution in [-0.2, 0) is 0 Å². The molecule has 0 aromatic carbocycles. The first-order chi connectivity index (χ1) is 7.69. The van der Waals surface area contributed by atoms with Crippen molar-refractivity contribution in [3.63, 3.8) is 0 Å². The van der Waals surface area contributed by atoms with Gasteiger partial charge in [0.15, 0.2) is 0 Å². The Morgan fingerprint density at radius 1 is 1.44 bits per heavy atom. The fourth-order valence-electron chi connectivity index (χ4n) is 1.95. The van der Waals surface area contributed by atoms with Gasteiger partial charge in [0.05, 0.1) is 0 Å². The lowest BCUT2D eigenvalue weighted by atomic mass is 10.0. The van der Waals surface area contributed by atoms with Crippen LogP contribution < -0.4 is 5.32 Å². The van der Waals surface area contributed by atoms with Crippen LogP contribution in [0.5, 0.6) is 0 Å². The Morgan fingerprint density at radius 3 is 2.69 bits per heavy atom. The van der Waals surface area contributed by atoms with E-state index in [-0.39, 0.29) is 0 Å². The first-order valence-corrected chi connectivity index (χ1v) is 5.89. The van der Waals surface area contributed by atoms with Crippen LogP contribution in [-0.4, -0.2) is 6.54 Å². The third-order valence-corrected chi connectivity index (χ3v) is 2.64. The highest BCUT2D eigenvalue weighted by atomic mass is 16.3. The van der Waals surface area contributed by atoms with E-state index in [1.54, 1.807) is 0 Å². The molecule has 1 heterocycles. The Balaban J connectivity index is 2.74. The van der Waals surface area contributed by atoms with Crippen LogP contribution in [0.3, 0.4) is 0 Å². The van der Waals surface area contributed by atoms with Gasteiger partial charge < -0.3 is 9.73 Å². The summed E-state index contributed by atoms with van der Waals surface area (Å²) in [6, 6.07) is 2.49. The van der Waals surface area contributed by atoms with Gasteiger partial charge in [0.2, 0.25) is 0 Å². The normalized spacial score (nSPS) is 12.0. The number of nitrogens with one attached hydrogen (secondary N) is 1. The second-order valence-electron chi connectivity index (χ2n) is 3.94. The number of furan rings is 1. The summed E-state index contributed by atoms with van der Waals surface area (Å²) >= 11 is 0. The lowest BCUT2D eigenvalue weighted by molar-refractivity contribution is 0.477. The molecule has 0 saturated heterocycles. The van der Waals surface area contributed by atoms with Crippen molar-refractivity contribution in [1.82, 2.24) is 5.32 Å². The van der Waals surface area contributed by atoms with Crippen LogP contribution in [0.1, 0.15) is 49.8 Å². The Morgan fingerprint density at radius 2 is 2.19 bits per heavy atom. The topological polar surface area (TPSA) is 25.2 Å². The second kappa shape index (κ2) is 6.40. The Kier molecular flexibility index (Phi) is 5.14. The van der Waals surface area contributed by atoms with E-state index < -0.39 is 0 Å². The smallest absolute Gasteiger partial charge is 0.105 e. The average Bonchev–Trinajstić information content (AvgIpc) is 2.57. The maximum atomic E-state index is 5.57. The fourth-order valence-corrected chi connectivity index (χ4v) is 1.95. The number of rotatable bonds is 5. The second-order valence-corrected chi connectivity index (χ2v) is 3.94. The van der Waals surface area contributed by atoms with Crippen LogP contribution in [0.2, 0.25) is 0 Å². The molecular formula is C14H21NO. The van der Waals surface area contributed by atoms with Gasteiger partial charge in [-0.05, 0) is 39.8 Å². The van der Waals surface area contributed by atoms with E-state index in [2.05, 4.69) is 30.1 Å². The summed E-state index contributed by atoms with van der Waals surface area (Å²) < 4.78 is 5.57. The largest absolute Gasteiger partial charge is 0.466 e. The molecule has 0 aliphatic rings. The van der Waals surface area contributed by atoms with Gasteiger partial charge in [-0.15, -0.1) is 11.8 Å². The Bertz CT molecular complexity index is 381. The van der Waals surface area contributed by atoms with Crippen LogP contribution in [0.15, 0.2) is 10.5 Å². The lowest BCUT2D eigenvalue weighted by Gasteiger charge is -2.15. The molecule has 16 heavy (non-hydrogen) atoms. The summed E-state index contributed by atoms with van der Waals surface area (Å²) in [6.07, 6.45) is 1.96. The van der Waals surface area contributed by atoms with Crippen LogP contribution in [0.25, 0.3) is 0 Å². The molecule has 1 rings (SSSR count). The maximum Gasteiger partial charge on any atom is 0.105 e. The molecule has 2 heteroatoms. The molecule has 2 nitrogen and oxygen atoms in total. The van der Waals surface area contributed by atoms with Gasteiger partial charge in [0.1, 0.15) is 11.5 Å². The highest BCUT2D eigenvalue weighted by molar-refractivity contribution is 5.24. The quantitative estimate of drug-likeness (QED) is 0.768. The first-order valence-electron chi connectivity index (χ1n) is 5.89. The maximum absolute atomic E-state index is 5.57. The SMILES string of the molecule is CC#CCCC(NCC)c1cc(C)oc1C. The van der Waals surface area contributed by atoms with Gasteiger partial charge in [0, 0.05) is 18.0 Å². The van der Waals surface area contributed by atoms with Crippen molar-refractivity contribution < 1.29 is 4.42 Å². The van der Waals surface area contributed by atoms with Crippen molar-refractivity contribution in [1.29, 1.82) is 0 Å². The molecule has 1 N–H and O–H groups in total. The summed E-state index contributed by atoms with van der Waals surface area (Å²) in [5.74, 6) is 8.05. The predicted molar refractivity (Wildman–Crippen MR) is 67.3 cm³/mol. The third-order valence-electron chi connectivity index (χ3n) is 2.64. The number of aryl methyl sites for hydroxylation is 2. The summed E-state index contributed by atoms with van der Waals surface area (Å²) in [4.78, 5) is 0. The van der Waals surface area contributed by atoms with E-state index in [4.69, 9.17) is 4.42 Å². The van der Waals surface area contributed by atoms with E-state index >= 15 is 0 Å². The van der Waals surface area contributed by atoms with Crippen molar-refractivity contribution in [2.45, 2.75) is 46.6 Å². The molecule has 0 spiro atoms. The average molecular weight is 219 g/mol. The molecule has 1 unspecified atom stereocenters.